The van der Waals surface area contributed by atoms with Crippen LogP contribution in [0.1, 0.15) is 51.5 Å². The van der Waals surface area contributed by atoms with E-state index in [0.717, 1.165) is 11.1 Å². The molecule has 4 N–H and O–H groups in total. The normalized spacial score (nSPS) is 17.2. The summed E-state index contributed by atoms with van der Waals surface area (Å²) in [7, 11) is -3.36. The molecule has 0 fully saturated rings. The summed E-state index contributed by atoms with van der Waals surface area (Å²) < 4.78 is 25.0. The van der Waals surface area contributed by atoms with E-state index < -0.39 is 57.3 Å². The maximum Gasteiger partial charge on any atom is 0.308 e. The molecule has 0 saturated heterocycles. The molecule has 1 aromatic carbocycles. The van der Waals surface area contributed by atoms with Crippen LogP contribution in [-0.2, 0) is 29.0 Å². The molecule has 5 atom stereocenters. The molecular weight excluding hydrogens is 570 g/mol. The first-order valence-corrected chi connectivity index (χ1v) is 16.2. The van der Waals surface area contributed by atoms with Gasteiger partial charge in [-0.1, -0.05) is 55.8 Å². The predicted octanol–water partition coefficient (Wildman–Crippen LogP) is 3.81. The van der Waals surface area contributed by atoms with Crippen LogP contribution in [0.2, 0.25) is 0 Å². The monoisotopic (exact) mass is 609 g/mol. The van der Waals surface area contributed by atoms with Gasteiger partial charge in [-0.05, 0) is 43.7 Å². The van der Waals surface area contributed by atoms with Gasteiger partial charge in [-0.2, -0.15) is 11.8 Å². The van der Waals surface area contributed by atoms with Crippen LogP contribution in [-0.4, -0.2) is 71.4 Å². The maximum atomic E-state index is 12.8. The number of nitrogens with one attached hydrogen (secondary N) is 1. The molecule has 0 spiro atoms. The molecule has 226 valence electrons. The fourth-order valence-corrected chi connectivity index (χ4v) is 7.66. The second-order valence-electron chi connectivity index (χ2n) is 10.4. The summed E-state index contributed by atoms with van der Waals surface area (Å²) in [5.41, 5.74) is 1.91. The van der Waals surface area contributed by atoms with Crippen LogP contribution in [0.25, 0.3) is 0 Å². The Labute approximate surface area is 245 Å². The molecule has 0 aliphatic heterocycles. The Morgan fingerprint density at radius 2 is 1.54 bits per heavy atom. The second-order valence-corrected chi connectivity index (χ2v) is 13.8. The molecule has 0 heterocycles. The highest BCUT2D eigenvalue weighted by Crippen LogP contribution is 2.35. The van der Waals surface area contributed by atoms with E-state index in [-0.39, 0.29) is 24.6 Å². The highest BCUT2D eigenvalue weighted by Gasteiger charge is 2.47. The molecule has 12 heteroatoms. The standard InChI is InChI=1S/C29H39NO9S2/c1-18-9-11-22(12-10-18)41(38,39)16-15-40-14-13-30-26(31)20(3)24(28(34)35)25(29(36)37)23(27(32)33)17-19(2)21-7-5-4-6-8-21/h4-9,11,19-20,23-25H,10,12-17H2,1-3H3,(H,30,31)(H,32,33)(H,34,35)(H,36,37). The molecule has 41 heavy (non-hydrogen) atoms. The average Bonchev–Trinajstić information content (AvgIpc) is 2.92. The Morgan fingerprint density at radius 1 is 0.902 bits per heavy atom. The Kier molecular flexibility index (Phi) is 13.1. The number of carboxylic acids is 3. The van der Waals surface area contributed by atoms with Crippen LogP contribution < -0.4 is 5.32 Å². The lowest BCUT2D eigenvalue weighted by atomic mass is 9.72. The number of allylic oxidation sites excluding steroid dienone is 4. The van der Waals surface area contributed by atoms with E-state index in [1.165, 1.54) is 18.7 Å². The Bertz CT molecular complexity index is 1260. The highest BCUT2D eigenvalue weighted by atomic mass is 32.2. The first-order valence-electron chi connectivity index (χ1n) is 13.4. The summed E-state index contributed by atoms with van der Waals surface area (Å²) in [6.07, 6.45) is 4.52. The van der Waals surface area contributed by atoms with E-state index in [4.69, 9.17) is 0 Å². The molecule has 10 nitrogen and oxygen atoms in total. The molecule has 1 aliphatic carbocycles. The molecule has 1 amide bonds. The quantitative estimate of drug-likeness (QED) is 0.190. The van der Waals surface area contributed by atoms with Crippen LogP contribution >= 0.6 is 11.8 Å². The smallest absolute Gasteiger partial charge is 0.308 e. The van der Waals surface area contributed by atoms with Crippen molar-refractivity contribution in [1.29, 1.82) is 0 Å². The van der Waals surface area contributed by atoms with Crippen LogP contribution in [0.3, 0.4) is 0 Å². The average molecular weight is 610 g/mol. The van der Waals surface area contributed by atoms with E-state index in [9.17, 15) is 42.9 Å². The van der Waals surface area contributed by atoms with E-state index >= 15 is 0 Å². The number of sulfone groups is 1. The van der Waals surface area contributed by atoms with Crippen molar-refractivity contribution in [3.63, 3.8) is 0 Å². The molecule has 0 saturated carbocycles. The summed E-state index contributed by atoms with van der Waals surface area (Å²) in [5.74, 6) is -11.6. The number of amides is 1. The third kappa shape index (κ3) is 10.0. The van der Waals surface area contributed by atoms with Gasteiger partial charge in [0.2, 0.25) is 5.91 Å². The van der Waals surface area contributed by atoms with Gasteiger partial charge in [-0.3, -0.25) is 19.2 Å². The SMILES string of the molecule is CC1=CC=C(S(=O)(=O)CCSCCNC(=O)C(C)C(C(=O)O)C(C(=O)O)C(CC(C)c2ccccc2)C(=O)O)CC1. The highest BCUT2D eigenvalue weighted by molar-refractivity contribution is 8.01. The van der Waals surface area contributed by atoms with Crippen molar-refractivity contribution in [3.05, 3.63) is 58.5 Å². The first-order chi connectivity index (χ1) is 19.3. The maximum absolute atomic E-state index is 12.8. The van der Waals surface area contributed by atoms with Crippen LogP contribution in [0.15, 0.2) is 53.0 Å². The fraction of sp³-hybridized carbons (Fsp3) is 0.517. The minimum absolute atomic E-state index is 0.0416. The minimum atomic E-state index is -3.36. The number of aliphatic carboxylic acids is 3. The zero-order valence-corrected chi connectivity index (χ0v) is 25.1. The van der Waals surface area contributed by atoms with Gasteiger partial charge in [0, 0.05) is 28.9 Å². The zero-order valence-electron chi connectivity index (χ0n) is 23.5. The van der Waals surface area contributed by atoms with E-state index in [1.807, 2.05) is 13.0 Å². The van der Waals surface area contributed by atoms with Crippen molar-refractivity contribution < 1.29 is 42.9 Å². The van der Waals surface area contributed by atoms with E-state index in [1.54, 1.807) is 43.3 Å². The third-order valence-electron chi connectivity index (χ3n) is 7.40. The van der Waals surface area contributed by atoms with Crippen molar-refractivity contribution in [3.8, 4) is 0 Å². The van der Waals surface area contributed by atoms with E-state index in [2.05, 4.69) is 5.32 Å². The van der Waals surface area contributed by atoms with Crippen molar-refractivity contribution in [2.45, 2.75) is 46.0 Å². The third-order valence-corrected chi connectivity index (χ3v) is 10.5. The zero-order chi connectivity index (χ0) is 30.7. The molecular formula is C29H39NO9S2. The van der Waals surface area contributed by atoms with Crippen LogP contribution in [0.5, 0.6) is 0 Å². The molecule has 2 rings (SSSR count). The summed E-state index contributed by atoms with van der Waals surface area (Å²) in [6.45, 7) is 5.07. The van der Waals surface area contributed by atoms with Crippen molar-refractivity contribution >= 4 is 45.4 Å². The molecule has 5 unspecified atom stereocenters. The van der Waals surface area contributed by atoms with Gasteiger partial charge in [0.05, 0.1) is 23.5 Å². The Balaban J connectivity index is 1.99. The van der Waals surface area contributed by atoms with Crippen LogP contribution in [0, 0.1) is 23.7 Å². The summed E-state index contributed by atoms with van der Waals surface area (Å²) >= 11 is 1.31. The van der Waals surface area contributed by atoms with Gasteiger partial charge >= 0.3 is 17.9 Å². The number of carbonyl (C=O) groups is 4. The minimum Gasteiger partial charge on any atom is -0.481 e. The number of thioether (sulfide) groups is 1. The van der Waals surface area contributed by atoms with Gasteiger partial charge in [0.15, 0.2) is 9.84 Å². The first kappa shape index (κ1) is 34.1. The van der Waals surface area contributed by atoms with Gasteiger partial charge < -0.3 is 20.6 Å². The Hall–Kier alpha value is -3.12. The molecule has 0 aromatic heterocycles. The number of hydrogen-bond donors (Lipinski definition) is 4. The van der Waals surface area contributed by atoms with Gasteiger partial charge in [0.1, 0.15) is 0 Å². The van der Waals surface area contributed by atoms with Gasteiger partial charge in [0.25, 0.3) is 0 Å². The number of rotatable bonds is 17. The fourth-order valence-electron chi connectivity index (χ4n) is 4.91. The lowest BCUT2D eigenvalue weighted by molar-refractivity contribution is -0.165. The summed E-state index contributed by atoms with van der Waals surface area (Å²) in [4.78, 5) is 49.9. The number of carbonyl (C=O) groups excluding carboxylic acids is 1. The van der Waals surface area contributed by atoms with Gasteiger partial charge in [-0.15, -0.1) is 0 Å². The van der Waals surface area contributed by atoms with Gasteiger partial charge in [-0.25, -0.2) is 8.42 Å². The number of benzene rings is 1. The molecule has 0 bridgehead atoms. The lowest BCUT2D eigenvalue weighted by Crippen LogP contribution is -2.46. The van der Waals surface area contributed by atoms with Crippen molar-refractivity contribution in [2.75, 3.05) is 23.8 Å². The largest absolute Gasteiger partial charge is 0.481 e. The lowest BCUT2D eigenvalue weighted by Gasteiger charge is -2.30. The van der Waals surface area contributed by atoms with Crippen molar-refractivity contribution in [2.24, 2.45) is 23.7 Å². The predicted molar refractivity (Wildman–Crippen MR) is 157 cm³/mol. The van der Waals surface area contributed by atoms with Crippen molar-refractivity contribution in [1.82, 2.24) is 5.32 Å². The Morgan fingerprint density at radius 3 is 2.07 bits per heavy atom. The van der Waals surface area contributed by atoms with E-state index in [0.29, 0.717) is 29.3 Å². The number of carboxylic acid groups (broad SMARTS) is 3. The number of hydrogen-bond acceptors (Lipinski definition) is 7. The second kappa shape index (κ2) is 15.8. The van der Waals surface area contributed by atoms with Crippen LogP contribution in [0.4, 0.5) is 0 Å². The molecule has 1 aromatic rings. The summed E-state index contributed by atoms with van der Waals surface area (Å²) in [6, 6.07) is 8.89. The molecule has 1 aliphatic rings. The topological polar surface area (TPSA) is 175 Å². The summed E-state index contributed by atoms with van der Waals surface area (Å²) in [5, 5.41) is 32.4. The molecule has 0 radical (unpaired) electrons.